The number of hydrogen-bond donors (Lipinski definition) is 2. The zero-order chi connectivity index (χ0) is 17.9. The molecular formula is C17H23N3O4S. The molecule has 0 bridgehead atoms. The van der Waals surface area contributed by atoms with Crippen molar-refractivity contribution in [2.24, 2.45) is 0 Å². The van der Waals surface area contributed by atoms with Gasteiger partial charge in [0, 0.05) is 24.6 Å². The summed E-state index contributed by atoms with van der Waals surface area (Å²) >= 11 is 0. The quantitative estimate of drug-likeness (QED) is 0.770. The lowest BCUT2D eigenvalue weighted by atomic mass is 9.92. The third-order valence-corrected chi connectivity index (χ3v) is 5.05. The normalized spacial score (nSPS) is 17.3. The number of rotatable bonds is 7. The summed E-state index contributed by atoms with van der Waals surface area (Å²) in [6.07, 6.45) is 3.70. The molecule has 2 N–H and O–H groups in total. The van der Waals surface area contributed by atoms with E-state index in [0.717, 1.165) is 49.1 Å². The number of nitrogens with zero attached hydrogens (tertiary/aromatic N) is 1. The second kappa shape index (κ2) is 7.55. The molecule has 1 heterocycles. The summed E-state index contributed by atoms with van der Waals surface area (Å²) in [4.78, 5) is 0. The van der Waals surface area contributed by atoms with Gasteiger partial charge in [-0.1, -0.05) is 17.3 Å². The highest BCUT2D eigenvalue weighted by atomic mass is 32.2. The Balaban J connectivity index is 1.59. The first-order chi connectivity index (χ1) is 11.9. The Morgan fingerprint density at radius 2 is 2.04 bits per heavy atom. The number of sulfonamides is 1. The molecule has 0 amide bonds. The van der Waals surface area contributed by atoms with Gasteiger partial charge in [-0.15, -0.1) is 0 Å². The molecule has 1 aliphatic rings. The number of methoxy groups -OCH3 is 1. The van der Waals surface area contributed by atoms with Gasteiger partial charge < -0.3 is 14.6 Å². The molecule has 2 aromatic rings. The molecule has 8 heteroatoms. The number of ether oxygens (including phenoxy) is 1. The molecule has 25 heavy (non-hydrogen) atoms. The second-order valence-electron chi connectivity index (χ2n) is 6.29. The Kier molecular flexibility index (Phi) is 5.41. The molecule has 1 unspecified atom stereocenters. The molecule has 0 saturated heterocycles. The van der Waals surface area contributed by atoms with Gasteiger partial charge in [0.2, 0.25) is 10.0 Å². The molecule has 1 atom stereocenters. The minimum atomic E-state index is -3.25. The van der Waals surface area contributed by atoms with Crippen molar-refractivity contribution in [1.82, 2.24) is 15.2 Å². The van der Waals surface area contributed by atoms with Gasteiger partial charge in [0.1, 0.15) is 17.2 Å². The van der Waals surface area contributed by atoms with Gasteiger partial charge in [-0.05, 0) is 30.5 Å². The fourth-order valence-electron chi connectivity index (χ4n) is 2.98. The summed E-state index contributed by atoms with van der Waals surface area (Å²) in [5.41, 5.74) is 2.89. The van der Waals surface area contributed by atoms with E-state index in [2.05, 4.69) is 15.2 Å². The summed E-state index contributed by atoms with van der Waals surface area (Å²) in [6.45, 7) is 0.940. The average molecular weight is 365 g/mol. The average Bonchev–Trinajstić information content (AvgIpc) is 3.00. The Morgan fingerprint density at radius 1 is 1.28 bits per heavy atom. The third-order valence-electron chi connectivity index (χ3n) is 4.38. The maximum absolute atomic E-state index is 11.3. The molecule has 7 nitrogen and oxygen atoms in total. The summed E-state index contributed by atoms with van der Waals surface area (Å²) in [5.74, 6) is 1.71. The van der Waals surface area contributed by atoms with Crippen LogP contribution in [0.1, 0.15) is 29.0 Å². The maximum atomic E-state index is 11.3. The van der Waals surface area contributed by atoms with Crippen LogP contribution in [0, 0.1) is 0 Å². The van der Waals surface area contributed by atoms with E-state index in [9.17, 15) is 8.42 Å². The first-order valence-electron chi connectivity index (χ1n) is 8.22. The van der Waals surface area contributed by atoms with Crippen molar-refractivity contribution < 1.29 is 17.7 Å². The standard InChI is InChI=1S/C17H23N3O4S/c1-23-14-6-3-12(4-7-14)10-18-13-5-8-17-15(9-13)16(20-24-17)11-19-25(2,21)22/h3-4,6-7,13,18-19H,5,8-11H2,1-2H3. The number of hydrogen-bond acceptors (Lipinski definition) is 6. The fraction of sp³-hybridized carbons (Fsp3) is 0.471. The number of fused-ring (bicyclic) bond motifs is 1. The van der Waals surface area contributed by atoms with Crippen LogP contribution < -0.4 is 14.8 Å². The highest BCUT2D eigenvalue weighted by molar-refractivity contribution is 7.88. The zero-order valence-electron chi connectivity index (χ0n) is 14.4. The Labute approximate surface area is 147 Å². The molecule has 1 aromatic carbocycles. The first-order valence-corrected chi connectivity index (χ1v) is 10.1. The molecule has 0 aliphatic heterocycles. The van der Waals surface area contributed by atoms with E-state index in [1.54, 1.807) is 7.11 Å². The van der Waals surface area contributed by atoms with Crippen molar-refractivity contribution in [2.45, 2.75) is 38.4 Å². The van der Waals surface area contributed by atoms with Gasteiger partial charge in [0.15, 0.2) is 0 Å². The highest BCUT2D eigenvalue weighted by Gasteiger charge is 2.25. The zero-order valence-corrected chi connectivity index (χ0v) is 15.2. The molecule has 136 valence electrons. The van der Waals surface area contributed by atoms with E-state index < -0.39 is 10.0 Å². The van der Waals surface area contributed by atoms with Crippen LogP contribution in [-0.4, -0.2) is 33.0 Å². The fourth-order valence-corrected chi connectivity index (χ4v) is 3.38. The third kappa shape index (κ3) is 4.81. The molecule has 0 radical (unpaired) electrons. The van der Waals surface area contributed by atoms with Crippen LogP contribution in [0.5, 0.6) is 5.75 Å². The Morgan fingerprint density at radius 3 is 2.72 bits per heavy atom. The number of benzene rings is 1. The van der Waals surface area contributed by atoms with E-state index >= 15 is 0 Å². The highest BCUT2D eigenvalue weighted by Crippen LogP contribution is 2.25. The predicted octanol–water partition coefficient (Wildman–Crippen LogP) is 1.38. The smallest absolute Gasteiger partial charge is 0.209 e. The lowest BCUT2D eigenvalue weighted by Crippen LogP contribution is -2.34. The lowest BCUT2D eigenvalue weighted by molar-refractivity contribution is 0.351. The van der Waals surface area contributed by atoms with Crippen molar-refractivity contribution in [1.29, 1.82) is 0 Å². The molecule has 1 aliphatic carbocycles. The van der Waals surface area contributed by atoms with Crippen LogP contribution in [0.3, 0.4) is 0 Å². The second-order valence-corrected chi connectivity index (χ2v) is 8.13. The van der Waals surface area contributed by atoms with Crippen molar-refractivity contribution in [2.75, 3.05) is 13.4 Å². The molecule has 3 rings (SSSR count). The molecule has 0 fully saturated rings. The Bertz CT molecular complexity index is 815. The van der Waals surface area contributed by atoms with Gasteiger partial charge in [-0.3, -0.25) is 0 Å². The number of aromatic nitrogens is 1. The summed E-state index contributed by atoms with van der Waals surface area (Å²) in [5, 5.41) is 7.59. The van der Waals surface area contributed by atoms with Crippen LogP contribution in [-0.2, 0) is 36.0 Å². The Hall–Kier alpha value is -1.90. The summed E-state index contributed by atoms with van der Waals surface area (Å²) in [7, 11) is -1.60. The van der Waals surface area contributed by atoms with Gasteiger partial charge in [-0.25, -0.2) is 13.1 Å². The van der Waals surface area contributed by atoms with Crippen molar-refractivity contribution >= 4 is 10.0 Å². The van der Waals surface area contributed by atoms with Crippen LogP contribution in [0.4, 0.5) is 0 Å². The van der Waals surface area contributed by atoms with Gasteiger partial charge >= 0.3 is 0 Å². The monoisotopic (exact) mass is 365 g/mol. The van der Waals surface area contributed by atoms with E-state index in [-0.39, 0.29) is 6.54 Å². The minimum absolute atomic E-state index is 0.170. The van der Waals surface area contributed by atoms with E-state index in [1.165, 1.54) is 5.56 Å². The number of aryl methyl sites for hydroxylation is 1. The van der Waals surface area contributed by atoms with Crippen LogP contribution in [0.25, 0.3) is 0 Å². The van der Waals surface area contributed by atoms with Crippen molar-refractivity contribution in [3.63, 3.8) is 0 Å². The largest absolute Gasteiger partial charge is 0.497 e. The van der Waals surface area contributed by atoms with E-state index in [4.69, 9.17) is 9.26 Å². The molecule has 1 aromatic heterocycles. The van der Waals surface area contributed by atoms with Crippen LogP contribution in [0.2, 0.25) is 0 Å². The summed E-state index contributed by atoms with van der Waals surface area (Å²) in [6, 6.07) is 8.30. The van der Waals surface area contributed by atoms with Gasteiger partial charge in [0.25, 0.3) is 0 Å². The maximum Gasteiger partial charge on any atom is 0.209 e. The SMILES string of the molecule is COc1ccc(CNC2CCc3onc(CNS(C)(=O)=O)c3C2)cc1. The van der Waals surface area contributed by atoms with E-state index in [1.807, 2.05) is 24.3 Å². The lowest BCUT2D eigenvalue weighted by Gasteiger charge is -2.23. The minimum Gasteiger partial charge on any atom is -0.497 e. The molecule has 0 spiro atoms. The van der Waals surface area contributed by atoms with Gasteiger partial charge in [-0.2, -0.15) is 0 Å². The van der Waals surface area contributed by atoms with Crippen LogP contribution in [0.15, 0.2) is 28.8 Å². The van der Waals surface area contributed by atoms with Crippen LogP contribution >= 0.6 is 0 Å². The van der Waals surface area contributed by atoms with Gasteiger partial charge in [0.05, 0.1) is 19.9 Å². The van der Waals surface area contributed by atoms with E-state index in [0.29, 0.717) is 11.7 Å². The molecular weight excluding hydrogens is 342 g/mol. The first kappa shape index (κ1) is 17.9. The predicted molar refractivity (Wildman–Crippen MR) is 93.8 cm³/mol. The molecule has 0 saturated carbocycles. The topological polar surface area (TPSA) is 93.5 Å². The number of nitrogens with one attached hydrogen (secondary N) is 2. The van der Waals surface area contributed by atoms with Crippen molar-refractivity contribution in [3.05, 3.63) is 46.8 Å². The summed E-state index contributed by atoms with van der Waals surface area (Å²) < 4.78 is 35.6. The van der Waals surface area contributed by atoms with Crippen molar-refractivity contribution in [3.8, 4) is 5.75 Å².